The van der Waals surface area contributed by atoms with Crippen molar-refractivity contribution < 1.29 is 24.6 Å². The van der Waals surface area contributed by atoms with Gasteiger partial charge >= 0.3 is 11.9 Å². The second-order valence-electron chi connectivity index (χ2n) is 4.94. The van der Waals surface area contributed by atoms with E-state index in [4.69, 9.17) is 10.2 Å². The van der Waals surface area contributed by atoms with Gasteiger partial charge in [-0.3, -0.25) is 4.79 Å². The molecular weight excluding hydrogens is 276 g/mol. The minimum Gasteiger partial charge on any atom is -0.478 e. The molecule has 1 aliphatic heterocycles. The number of carbonyl (C=O) groups is 3. The summed E-state index contributed by atoms with van der Waals surface area (Å²) in [5.74, 6) is -2.91. The molecule has 7 nitrogen and oxygen atoms in total. The molecular formula is C14H16N2O5. The highest BCUT2D eigenvalue weighted by atomic mass is 16.4. The molecule has 1 atom stereocenters. The number of carbonyl (C=O) groups excluding carboxylic acids is 1. The smallest absolute Gasteiger partial charge is 0.335 e. The van der Waals surface area contributed by atoms with Gasteiger partial charge < -0.3 is 20.8 Å². The summed E-state index contributed by atoms with van der Waals surface area (Å²) in [6.45, 7) is 1.44. The van der Waals surface area contributed by atoms with E-state index in [1.165, 1.54) is 12.1 Å². The van der Waals surface area contributed by atoms with Crippen LogP contribution in [-0.2, 0) is 4.79 Å². The van der Waals surface area contributed by atoms with Crippen molar-refractivity contribution in [1.29, 1.82) is 0 Å². The largest absolute Gasteiger partial charge is 0.478 e. The van der Waals surface area contributed by atoms with Gasteiger partial charge in [0.1, 0.15) is 0 Å². The molecule has 1 aliphatic rings. The standard InChI is InChI=1S/C14H16N2O5/c17-12(8-2-1-3-15-7-8)16-11-5-9(13(18)19)4-10(6-11)14(20)21/h4-6,8,15H,1-3,7H2,(H,16,17)(H,18,19)(H,20,21)/t8-/m1/s1. The second kappa shape index (κ2) is 6.36. The minimum atomic E-state index is -1.24. The summed E-state index contributed by atoms with van der Waals surface area (Å²) in [5.41, 5.74) is -0.165. The summed E-state index contributed by atoms with van der Waals surface area (Å²) < 4.78 is 0. The average molecular weight is 292 g/mol. The van der Waals surface area contributed by atoms with Crippen LogP contribution in [0.5, 0.6) is 0 Å². The quantitative estimate of drug-likeness (QED) is 0.658. The molecule has 0 spiro atoms. The fourth-order valence-corrected chi connectivity index (χ4v) is 2.27. The molecule has 1 amide bonds. The number of piperidine rings is 1. The van der Waals surface area contributed by atoms with Crippen molar-refractivity contribution in [2.75, 3.05) is 18.4 Å². The highest BCUT2D eigenvalue weighted by Crippen LogP contribution is 2.18. The summed E-state index contributed by atoms with van der Waals surface area (Å²) >= 11 is 0. The fourth-order valence-electron chi connectivity index (χ4n) is 2.27. The van der Waals surface area contributed by atoms with Crippen molar-refractivity contribution in [2.24, 2.45) is 5.92 Å². The van der Waals surface area contributed by atoms with Crippen LogP contribution in [0.2, 0.25) is 0 Å². The van der Waals surface area contributed by atoms with E-state index in [0.29, 0.717) is 6.54 Å². The number of rotatable bonds is 4. The third kappa shape index (κ3) is 3.79. The van der Waals surface area contributed by atoms with Crippen LogP contribution in [0.1, 0.15) is 33.6 Å². The first kappa shape index (κ1) is 15.0. The Morgan fingerprint density at radius 2 is 1.71 bits per heavy atom. The van der Waals surface area contributed by atoms with Crippen LogP contribution in [0.3, 0.4) is 0 Å². The number of carboxylic acids is 2. The van der Waals surface area contributed by atoms with Gasteiger partial charge in [0.15, 0.2) is 0 Å². The monoisotopic (exact) mass is 292 g/mol. The molecule has 0 aliphatic carbocycles. The fraction of sp³-hybridized carbons (Fsp3) is 0.357. The predicted octanol–water partition coefficient (Wildman–Crippen LogP) is 1.02. The van der Waals surface area contributed by atoms with Gasteiger partial charge in [0.25, 0.3) is 0 Å². The van der Waals surface area contributed by atoms with Gasteiger partial charge in [0.05, 0.1) is 17.0 Å². The molecule has 0 unspecified atom stereocenters. The number of anilines is 1. The summed E-state index contributed by atoms with van der Waals surface area (Å²) in [6.07, 6.45) is 1.65. The van der Waals surface area contributed by atoms with Crippen molar-refractivity contribution in [3.8, 4) is 0 Å². The molecule has 4 N–H and O–H groups in total. The Morgan fingerprint density at radius 1 is 1.10 bits per heavy atom. The molecule has 1 aromatic rings. The van der Waals surface area contributed by atoms with Gasteiger partial charge in [0.2, 0.25) is 5.91 Å². The highest BCUT2D eigenvalue weighted by Gasteiger charge is 2.21. The van der Waals surface area contributed by atoms with Crippen LogP contribution in [0.15, 0.2) is 18.2 Å². The molecule has 7 heteroatoms. The van der Waals surface area contributed by atoms with E-state index < -0.39 is 11.9 Å². The average Bonchev–Trinajstić information content (AvgIpc) is 2.47. The molecule has 21 heavy (non-hydrogen) atoms. The molecule has 0 bridgehead atoms. The van der Waals surface area contributed by atoms with Gasteiger partial charge in [-0.2, -0.15) is 0 Å². The predicted molar refractivity (Wildman–Crippen MR) is 74.6 cm³/mol. The Hall–Kier alpha value is -2.41. The summed E-state index contributed by atoms with van der Waals surface area (Å²) in [4.78, 5) is 34.1. The number of hydrogen-bond acceptors (Lipinski definition) is 4. The van der Waals surface area contributed by atoms with E-state index in [0.717, 1.165) is 25.5 Å². The Morgan fingerprint density at radius 3 is 2.19 bits per heavy atom. The Bertz CT molecular complexity index is 546. The molecule has 1 saturated heterocycles. The maximum Gasteiger partial charge on any atom is 0.335 e. The van der Waals surface area contributed by atoms with Crippen molar-refractivity contribution in [2.45, 2.75) is 12.8 Å². The van der Waals surface area contributed by atoms with Crippen molar-refractivity contribution in [3.63, 3.8) is 0 Å². The lowest BCUT2D eigenvalue weighted by Crippen LogP contribution is -2.37. The number of benzene rings is 1. The van der Waals surface area contributed by atoms with Gasteiger partial charge in [0, 0.05) is 12.2 Å². The maximum atomic E-state index is 12.1. The van der Waals surface area contributed by atoms with Crippen LogP contribution in [0.25, 0.3) is 0 Å². The Kier molecular flexibility index (Phi) is 4.54. The molecule has 1 aromatic carbocycles. The summed E-state index contributed by atoms with van der Waals surface area (Å²) in [7, 11) is 0. The van der Waals surface area contributed by atoms with E-state index in [-0.39, 0.29) is 28.6 Å². The zero-order chi connectivity index (χ0) is 15.4. The van der Waals surface area contributed by atoms with E-state index in [1.54, 1.807) is 0 Å². The number of nitrogens with one attached hydrogen (secondary N) is 2. The SMILES string of the molecule is O=C(O)c1cc(NC(=O)[C@@H]2CCCNC2)cc(C(=O)O)c1. The lowest BCUT2D eigenvalue weighted by atomic mass is 9.98. The molecule has 0 aromatic heterocycles. The van der Waals surface area contributed by atoms with E-state index in [2.05, 4.69) is 10.6 Å². The van der Waals surface area contributed by atoms with Crippen molar-refractivity contribution in [1.82, 2.24) is 5.32 Å². The Labute approximate surface area is 121 Å². The van der Waals surface area contributed by atoms with E-state index >= 15 is 0 Å². The van der Waals surface area contributed by atoms with Crippen molar-refractivity contribution >= 4 is 23.5 Å². The molecule has 1 heterocycles. The normalized spacial score (nSPS) is 18.0. The first-order chi connectivity index (χ1) is 9.97. The highest BCUT2D eigenvalue weighted by molar-refractivity contribution is 5.99. The number of hydrogen-bond donors (Lipinski definition) is 4. The summed E-state index contributed by atoms with van der Waals surface area (Å²) in [5, 5.41) is 23.7. The zero-order valence-corrected chi connectivity index (χ0v) is 11.3. The van der Waals surface area contributed by atoms with Crippen LogP contribution in [-0.4, -0.2) is 41.1 Å². The van der Waals surface area contributed by atoms with Gasteiger partial charge in [-0.25, -0.2) is 9.59 Å². The molecule has 0 radical (unpaired) electrons. The number of amides is 1. The third-order valence-electron chi connectivity index (χ3n) is 3.36. The van der Waals surface area contributed by atoms with Gasteiger partial charge in [-0.1, -0.05) is 0 Å². The minimum absolute atomic E-state index is 0.174. The van der Waals surface area contributed by atoms with Crippen LogP contribution in [0, 0.1) is 5.92 Å². The summed E-state index contributed by atoms with van der Waals surface area (Å²) in [6, 6.07) is 3.56. The Balaban J connectivity index is 2.20. The zero-order valence-electron chi connectivity index (χ0n) is 11.3. The lowest BCUT2D eigenvalue weighted by molar-refractivity contribution is -0.120. The number of aromatic carboxylic acids is 2. The first-order valence-electron chi connectivity index (χ1n) is 6.60. The maximum absolute atomic E-state index is 12.1. The van der Waals surface area contributed by atoms with E-state index in [1.807, 2.05) is 0 Å². The molecule has 112 valence electrons. The van der Waals surface area contributed by atoms with Gasteiger partial charge in [-0.15, -0.1) is 0 Å². The lowest BCUT2D eigenvalue weighted by Gasteiger charge is -2.22. The van der Waals surface area contributed by atoms with E-state index in [9.17, 15) is 14.4 Å². The van der Waals surface area contributed by atoms with Crippen LogP contribution < -0.4 is 10.6 Å². The number of carboxylic acid groups (broad SMARTS) is 2. The molecule has 0 saturated carbocycles. The second-order valence-corrected chi connectivity index (χ2v) is 4.94. The third-order valence-corrected chi connectivity index (χ3v) is 3.36. The molecule has 2 rings (SSSR count). The van der Waals surface area contributed by atoms with Crippen LogP contribution in [0.4, 0.5) is 5.69 Å². The van der Waals surface area contributed by atoms with Crippen LogP contribution >= 0.6 is 0 Å². The van der Waals surface area contributed by atoms with Gasteiger partial charge in [-0.05, 0) is 37.6 Å². The van der Waals surface area contributed by atoms with Crippen molar-refractivity contribution in [3.05, 3.63) is 29.3 Å². The topological polar surface area (TPSA) is 116 Å². The molecule has 1 fully saturated rings. The first-order valence-corrected chi connectivity index (χ1v) is 6.60.